The van der Waals surface area contributed by atoms with Crippen LogP contribution in [0.4, 0.5) is 0 Å². The monoisotopic (exact) mass is 274 g/mol. The number of benzene rings is 1. The minimum atomic E-state index is -0.702. The molecule has 0 bridgehead atoms. The third kappa shape index (κ3) is 5.07. The molecule has 1 N–H and O–H groups in total. The summed E-state index contributed by atoms with van der Waals surface area (Å²) in [6.45, 7) is 7.64. The maximum absolute atomic E-state index is 12.0. The van der Waals surface area contributed by atoms with Crippen LogP contribution in [0, 0.1) is 23.7 Å². The van der Waals surface area contributed by atoms with E-state index >= 15 is 0 Å². The second-order valence-corrected chi connectivity index (χ2v) is 5.41. The van der Waals surface area contributed by atoms with Crippen LogP contribution >= 0.6 is 0 Å². The van der Waals surface area contributed by atoms with Crippen molar-refractivity contribution in [1.29, 1.82) is 0 Å². The van der Waals surface area contributed by atoms with Gasteiger partial charge in [-0.15, -0.1) is 0 Å². The van der Waals surface area contributed by atoms with E-state index in [1.54, 1.807) is 24.3 Å². The van der Waals surface area contributed by atoms with Gasteiger partial charge in [-0.2, -0.15) is 0 Å². The van der Waals surface area contributed by atoms with Crippen LogP contribution in [0.2, 0.25) is 0 Å². The fraction of sp³-hybridized carbons (Fsp3) is 0.471. The Labute approximate surface area is 121 Å². The molecule has 2 atom stereocenters. The number of aliphatic hydroxyl groups is 1. The SMILES string of the molecule is CC(C)[C@@H](O)C#C[C@@H](OC(=O)c1ccccc1)C(C)C. The highest BCUT2D eigenvalue weighted by atomic mass is 16.5. The number of ether oxygens (including phenoxy) is 1. The van der Waals surface area contributed by atoms with E-state index in [-0.39, 0.29) is 11.8 Å². The van der Waals surface area contributed by atoms with Crippen molar-refractivity contribution in [2.75, 3.05) is 0 Å². The highest BCUT2D eigenvalue weighted by Gasteiger charge is 2.17. The van der Waals surface area contributed by atoms with Gasteiger partial charge in [-0.05, 0) is 18.1 Å². The molecule has 1 aromatic rings. The summed E-state index contributed by atoms with van der Waals surface area (Å²) in [4.78, 5) is 12.0. The topological polar surface area (TPSA) is 46.5 Å². The van der Waals surface area contributed by atoms with Gasteiger partial charge in [-0.3, -0.25) is 0 Å². The number of hydrogen-bond donors (Lipinski definition) is 1. The molecule has 108 valence electrons. The van der Waals surface area contributed by atoms with Crippen LogP contribution in [-0.2, 0) is 4.74 Å². The van der Waals surface area contributed by atoms with Crippen LogP contribution in [0.3, 0.4) is 0 Å². The smallest absolute Gasteiger partial charge is 0.339 e. The average molecular weight is 274 g/mol. The maximum Gasteiger partial charge on any atom is 0.339 e. The van der Waals surface area contributed by atoms with Crippen molar-refractivity contribution in [2.45, 2.75) is 39.9 Å². The van der Waals surface area contributed by atoms with Crippen molar-refractivity contribution in [3.63, 3.8) is 0 Å². The predicted molar refractivity (Wildman–Crippen MR) is 79.1 cm³/mol. The molecule has 0 aromatic heterocycles. The summed E-state index contributed by atoms with van der Waals surface area (Å²) in [5.74, 6) is 5.34. The summed E-state index contributed by atoms with van der Waals surface area (Å²) < 4.78 is 5.40. The summed E-state index contributed by atoms with van der Waals surface area (Å²) in [7, 11) is 0. The van der Waals surface area contributed by atoms with Gasteiger partial charge in [0.1, 0.15) is 6.10 Å². The molecule has 3 heteroatoms. The largest absolute Gasteiger partial charge is 0.445 e. The number of carbonyl (C=O) groups excluding carboxylic acids is 1. The predicted octanol–water partition coefficient (Wildman–Crippen LogP) is 2.89. The van der Waals surface area contributed by atoms with Crippen molar-refractivity contribution < 1.29 is 14.6 Å². The third-order valence-corrected chi connectivity index (χ3v) is 2.85. The number of hydrogen-bond acceptors (Lipinski definition) is 3. The molecule has 0 heterocycles. The van der Waals surface area contributed by atoms with Crippen molar-refractivity contribution >= 4 is 5.97 Å². The van der Waals surface area contributed by atoms with E-state index in [9.17, 15) is 9.90 Å². The lowest BCUT2D eigenvalue weighted by Gasteiger charge is -2.16. The average Bonchev–Trinajstić information content (AvgIpc) is 2.43. The Kier molecular flexibility index (Phi) is 6.27. The van der Waals surface area contributed by atoms with E-state index in [1.807, 2.05) is 33.8 Å². The van der Waals surface area contributed by atoms with Crippen LogP contribution in [0.5, 0.6) is 0 Å². The quantitative estimate of drug-likeness (QED) is 0.678. The lowest BCUT2D eigenvalue weighted by Crippen LogP contribution is -2.23. The first-order chi connectivity index (χ1) is 9.41. The molecule has 0 aliphatic rings. The van der Waals surface area contributed by atoms with Crippen LogP contribution < -0.4 is 0 Å². The van der Waals surface area contributed by atoms with Crippen molar-refractivity contribution in [3.8, 4) is 11.8 Å². The summed E-state index contributed by atoms with van der Waals surface area (Å²) in [6.07, 6.45) is -1.22. The van der Waals surface area contributed by atoms with E-state index in [0.29, 0.717) is 5.56 Å². The molecule has 0 saturated carbocycles. The van der Waals surface area contributed by atoms with Crippen molar-refractivity contribution in [2.24, 2.45) is 11.8 Å². The van der Waals surface area contributed by atoms with Crippen molar-refractivity contribution in [1.82, 2.24) is 0 Å². The van der Waals surface area contributed by atoms with E-state index in [4.69, 9.17) is 4.74 Å². The highest BCUT2D eigenvalue weighted by Crippen LogP contribution is 2.10. The van der Waals surface area contributed by atoms with Gasteiger partial charge < -0.3 is 9.84 Å². The normalized spacial score (nSPS) is 13.6. The van der Waals surface area contributed by atoms with Gasteiger partial charge in [0.25, 0.3) is 0 Å². The zero-order valence-corrected chi connectivity index (χ0v) is 12.5. The Morgan fingerprint density at radius 2 is 1.65 bits per heavy atom. The molecule has 1 aromatic carbocycles. The number of esters is 1. The zero-order chi connectivity index (χ0) is 15.1. The summed E-state index contributed by atoms with van der Waals surface area (Å²) in [5, 5.41) is 9.69. The Morgan fingerprint density at radius 1 is 1.05 bits per heavy atom. The molecule has 0 aliphatic carbocycles. The van der Waals surface area contributed by atoms with Gasteiger partial charge >= 0.3 is 5.97 Å². The van der Waals surface area contributed by atoms with Gasteiger partial charge in [0.05, 0.1) is 5.56 Å². The third-order valence-electron chi connectivity index (χ3n) is 2.85. The molecule has 0 unspecified atom stereocenters. The molecule has 0 amide bonds. The lowest BCUT2D eigenvalue weighted by molar-refractivity contribution is 0.0328. The van der Waals surface area contributed by atoms with Crippen molar-refractivity contribution in [3.05, 3.63) is 35.9 Å². The minimum absolute atomic E-state index is 0.0557. The summed E-state index contributed by atoms with van der Waals surface area (Å²) in [6, 6.07) is 8.83. The molecular formula is C17H22O3. The Balaban J connectivity index is 2.76. The van der Waals surface area contributed by atoms with E-state index in [0.717, 1.165) is 0 Å². The Bertz CT molecular complexity index is 480. The second-order valence-electron chi connectivity index (χ2n) is 5.41. The fourth-order valence-electron chi connectivity index (χ4n) is 1.42. The highest BCUT2D eigenvalue weighted by molar-refractivity contribution is 5.89. The molecule has 0 radical (unpaired) electrons. The fourth-order valence-corrected chi connectivity index (χ4v) is 1.42. The number of carbonyl (C=O) groups is 1. The van der Waals surface area contributed by atoms with Crippen LogP contribution in [0.15, 0.2) is 30.3 Å². The van der Waals surface area contributed by atoms with Gasteiger partial charge in [-0.25, -0.2) is 4.79 Å². The molecule has 3 nitrogen and oxygen atoms in total. The second kappa shape index (κ2) is 7.72. The Hall–Kier alpha value is -1.79. The van der Waals surface area contributed by atoms with Gasteiger partial charge in [0.2, 0.25) is 0 Å². The van der Waals surface area contributed by atoms with Crippen LogP contribution in [0.1, 0.15) is 38.1 Å². The van der Waals surface area contributed by atoms with E-state index < -0.39 is 18.2 Å². The standard InChI is InChI=1S/C17H22O3/c1-12(2)15(18)10-11-16(13(3)4)20-17(19)14-8-6-5-7-9-14/h5-9,12-13,15-16,18H,1-4H3/t15-,16+/m0/s1. The first-order valence-corrected chi connectivity index (χ1v) is 6.87. The van der Waals surface area contributed by atoms with Gasteiger partial charge in [-0.1, -0.05) is 57.7 Å². The van der Waals surface area contributed by atoms with Gasteiger partial charge in [0.15, 0.2) is 6.10 Å². The summed E-state index contributed by atoms with van der Waals surface area (Å²) in [5.41, 5.74) is 0.504. The maximum atomic E-state index is 12.0. The minimum Gasteiger partial charge on any atom is -0.445 e. The summed E-state index contributed by atoms with van der Waals surface area (Å²) >= 11 is 0. The van der Waals surface area contributed by atoms with Crippen LogP contribution in [-0.4, -0.2) is 23.3 Å². The molecule has 20 heavy (non-hydrogen) atoms. The molecule has 1 rings (SSSR count). The first-order valence-electron chi connectivity index (χ1n) is 6.87. The molecule has 0 saturated heterocycles. The van der Waals surface area contributed by atoms with Crippen LogP contribution in [0.25, 0.3) is 0 Å². The molecule has 0 aliphatic heterocycles. The van der Waals surface area contributed by atoms with E-state index in [2.05, 4.69) is 11.8 Å². The molecule has 0 fully saturated rings. The number of rotatable bonds is 4. The first kappa shape index (κ1) is 16.3. The van der Waals surface area contributed by atoms with Gasteiger partial charge in [0, 0.05) is 5.92 Å². The number of aliphatic hydroxyl groups excluding tert-OH is 1. The molecular weight excluding hydrogens is 252 g/mol. The van der Waals surface area contributed by atoms with E-state index in [1.165, 1.54) is 0 Å². The molecule has 0 spiro atoms. The zero-order valence-electron chi connectivity index (χ0n) is 12.5. The lowest BCUT2D eigenvalue weighted by atomic mass is 10.0. The Morgan fingerprint density at radius 3 is 2.15 bits per heavy atom.